The fourth-order valence-corrected chi connectivity index (χ4v) is 3.52. The molecule has 0 amide bonds. The number of nitrogens with two attached hydrogens (primary N) is 1. The van der Waals surface area contributed by atoms with Crippen LogP contribution in [0, 0.1) is 5.41 Å². The van der Waals surface area contributed by atoms with Gasteiger partial charge in [0.25, 0.3) is 0 Å². The van der Waals surface area contributed by atoms with Gasteiger partial charge in [-0.25, -0.2) is 4.98 Å². The molecule has 0 atom stereocenters. The molecule has 166 valence electrons. The summed E-state index contributed by atoms with van der Waals surface area (Å²) in [5.74, 6) is 2.36. The predicted molar refractivity (Wildman–Crippen MR) is 127 cm³/mol. The lowest BCUT2D eigenvalue weighted by molar-refractivity contribution is 0.242. The minimum atomic E-state index is 0.207. The zero-order valence-electron chi connectivity index (χ0n) is 19.1. The molecule has 3 heterocycles. The van der Waals surface area contributed by atoms with Crippen LogP contribution in [0.1, 0.15) is 27.2 Å². The van der Waals surface area contributed by atoms with Crippen molar-refractivity contribution in [1.82, 2.24) is 15.0 Å². The smallest absolute Gasteiger partial charge is 0.162 e. The summed E-state index contributed by atoms with van der Waals surface area (Å²) in [6, 6.07) is 7.71. The predicted octanol–water partition coefficient (Wildman–Crippen LogP) is 5.26. The molecule has 2 N–H and O–H groups in total. The Morgan fingerprint density at radius 1 is 0.875 bits per heavy atom. The van der Waals surface area contributed by atoms with E-state index in [0.29, 0.717) is 35.4 Å². The van der Waals surface area contributed by atoms with Crippen molar-refractivity contribution in [2.75, 3.05) is 26.6 Å². The third kappa shape index (κ3) is 4.37. The molecule has 0 radical (unpaired) electrons. The number of fused-ring (bicyclic) bond motifs is 3. The summed E-state index contributed by atoms with van der Waals surface area (Å²) in [5, 5.41) is 2.61. The van der Waals surface area contributed by atoms with Crippen molar-refractivity contribution in [2.45, 2.75) is 27.2 Å². The van der Waals surface area contributed by atoms with Gasteiger partial charge in [0.2, 0.25) is 0 Å². The van der Waals surface area contributed by atoms with Crippen LogP contribution in [0.5, 0.6) is 17.2 Å². The Hall–Kier alpha value is -3.61. The van der Waals surface area contributed by atoms with Crippen molar-refractivity contribution >= 4 is 27.5 Å². The molecule has 0 fully saturated rings. The SMILES string of the molecule is COc1cc2ncc3c(N)nc(-c4cncc(OCCC(C)(C)C)c4)cc3c2cc1OC. The number of nitrogens with zero attached hydrogens (tertiary/aromatic N) is 3. The summed E-state index contributed by atoms with van der Waals surface area (Å²) in [6.07, 6.45) is 6.16. The van der Waals surface area contributed by atoms with Crippen molar-refractivity contribution < 1.29 is 14.2 Å². The summed E-state index contributed by atoms with van der Waals surface area (Å²) < 4.78 is 16.8. The summed E-state index contributed by atoms with van der Waals surface area (Å²) in [4.78, 5) is 13.5. The van der Waals surface area contributed by atoms with E-state index < -0.39 is 0 Å². The van der Waals surface area contributed by atoms with E-state index in [1.54, 1.807) is 32.8 Å². The standard InChI is InChI=1S/C25H28N4O3/c1-25(2,3)6-7-32-16-8-15(12-27-13-16)20-9-17-18-10-22(30-4)23(31-5)11-21(18)28-14-19(17)24(26)29-20/h8-14H,6-7H2,1-5H3,(H2,26,29). The quantitative estimate of drug-likeness (QED) is 0.415. The number of methoxy groups -OCH3 is 2. The first-order valence-corrected chi connectivity index (χ1v) is 10.5. The fraction of sp³-hybridized carbons (Fsp3) is 0.320. The van der Waals surface area contributed by atoms with Gasteiger partial charge in [-0.3, -0.25) is 9.97 Å². The Morgan fingerprint density at radius 3 is 2.34 bits per heavy atom. The highest BCUT2D eigenvalue weighted by Gasteiger charge is 2.14. The maximum absolute atomic E-state index is 6.32. The first kappa shape index (κ1) is 21.6. The van der Waals surface area contributed by atoms with Gasteiger partial charge in [-0.15, -0.1) is 0 Å². The van der Waals surface area contributed by atoms with Gasteiger partial charge >= 0.3 is 0 Å². The van der Waals surface area contributed by atoms with Gasteiger partial charge in [-0.05, 0) is 35.4 Å². The second kappa shape index (κ2) is 8.49. The van der Waals surface area contributed by atoms with E-state index in [0.717, 1.165) is 33.7 Å². The summed E-state index contributed by atoms with van der Waals surface area (Å²) in [5.41, 5.74) is 8.85. The van der Waals surface area contributed by atoms with Gasteiger partial charge in [0.1, 0.15) is 11.6 Å². The average Bonchev–Trinajstić information content (AvgIpc) is 2.77. The van der Waals surface area contributed by atoms with Crippen LogP contribution >= 0.6 is 0 Å². The molecular weight excluding hydrogens is 404 g/mol. The molecular formula is C25H28N4O3. The van der Waals surface area contributed by atoms with E-state index in [4.69, 9.17) is 19.9 Å². The second-order valence-electron chi connectivity index (χ2n) is 8.90. The van der Waals surface area contributed by atoms with Crippen molar-refractivity contribution in [2.24, 2.45) is 5.41 Å². The number of aromatic nitrogens is 3. The molecule has 0 aliphatic heterocycles. The van der Waals surface area contributed by atoms with E-state index >= 15 is 0 Å². The average molecular weight is 433 g/mol. The molecule has 0 saturated carbocycles. The van der Waals surface area contributed by atoms with Crippen LogP contribution in [-0.2, 0) is 0 Å². The minimum absolute atomic E-state index is 0.207. The maximum Gasteiger partial charge on any atom is 0.162 e. The zero-order chi connectivity index (χ0) is 22.9. The lowest BCUT2D eigenvalue weighted by atomic mass is 9.93. The summed E-state index contributed by atoms with van der Waals surface area (Å²) >= 11 is 0. The highest BCUT2D eigenvalue weighted by molar-refractivity contribution is 6.10. The van der Waals surface area contributed by atoms with Crippen LogP contribution in [0.15, 0.2) is 42.9 Å². The van der Waals surface area contributed by atoms with Crippen molar-refractivity contribution in [3.8, 4) is 28.5 Å². The number of pyridine rings is 3. The molecule has 4 rings (SSSR count). The number of anilines is 1. The van der Waals surface area contributed by atoms with Gasteiger partial charge in [0.05, 0.1) is 38.2 Å². The van der Waals surface area contributed by atoms with Crippen LogP contribution in [0.2, 0.25) is 0 Å². The lowest BCUT2D eigenvalue weighted by Crippen LogP contribution is -2.11. The fourth-order valence-electron chi connectivity index (χ4n) is 3.52. The van der Waals surface area contributed by atoms with Crippen LogP contribution in [0.25, 0.3) is 32.9 Å². The van der Waals surface area contributed by atoms with Crippen molar-refractivity contribution in [3.63, 3.8) is 0 Å². The van der Waals surface area contributed by atoms with E-state index in [2.05, 4.69) is 35.7 Å². The van der Waals surface area contributed by atoms with Gasteiger partial charge in [0.15, 0.2) is 11.5 Å². The summed E-state index contributed by atoms with van der Waals surface area (Å²) in [6.45, 7) is 7.20. The van der Waals surface area contributed by atoms with E-state index in [-0.39, 0.29) is 5.41 Å². The highest BCUT2D eigenvalue weighted by atomic mass is 16.5. The molecule has 3 aromatic heterocycles. The molecule has 0 aliphatic carbocycles. The van der Waals surface area contributed by atoms with Crippen molar-refractivity contribution in [1.29, 1.82) is 0 Å². The van der Waals surface area contributed by atoms with Crippen LogP contribution in [0.3, 0.4) is 0 Å². The van der Waals surface area contributed by atoms with Gasteiger partial charge < -0.3 is 19.9 Å². The number of ether oxygens (including phenoxy) is 3. The Bertz CT molecular complexity index is 1280. The third-order valence-electron chi connectivity index (χ3n) is 5.34. The van der Waals surface area contributed by atoms with Crippen molar-refractivity contribution in [3.05, 3.63) is 42.9 Å². The molecule has 0 spiro atoms. The minimum Gasteiger partial charge on any atom is -0.493 e. The Kier molecular flexibility index (Phi) is 5.74. The first-order valence-electron chi connectivity index (χ1n) is 10.5. The van der Waals surface area contributed by atoms with Crippen LogP contribution in [0.4, 0.5) is 5.82 Å². The largest absolute Gasteiger partial charge is 0.493 e. The van der Waals surface area contributed by atoms with E-state index in [9.17, 15) is 0 Å². The number of hydrogen-bond acceptors (Lipinski definition) is 7. The topological polar surface area (TPSA) is 92.4 Å². The van der Waals surface area contributed by atoms with E-state index in [1.165, 1.54) is 0 Å². The number of benzene rings is 1. The van der Waals surface area contributed by atoms with Crippen LogP contribution in [-0.4, -0.2) is 35.8 Å². The monoisotopic (exact) mass is 432 g/mol. The summed E-state index contributed by atoms with van der Waals surface area (Å²) in [7, 11) is 3.22. The van der Waals surface area contributed by atoms with E-state index in [1.807, 2.05) is 24.3 Å². The number of rotatable bonds is 6. The Labute approximate surface area is 187 Å². The molecule has 32 heavy (non-hydrogen) atoms. The van der Waals surface area contributed by atoms with Gasteiger partial charge in [0, 0.05) is 34.8 Å². The molecule has 7 heteroatoms. The lowest BCUT2D eigenvalue weighted by Gasteiger charge is -2.18. The number of nitrogen functional groups attached to an aromatic ring is 1. The highest BCUT2D eigenvalue weighted by Crippen LogP contribution is 2.37. The maximum atomic E-state index is 6.32. The Balaban J connectivity index is 1.78. The molecule has 1 aromatic carbocycles. The Morgan fingerprint density at radius 2 is 1.62 bits per heavy atom. The molecule has 0 bridgehead atoms. The molecule has 0 saturated heterocycles. The van der Waals surface area contributed by atoms with Gasteiger partial charge in [-0.2, -0.15) is 0 Å². The molecule has 0 unspecified atom stereocenters. The third-order valence-corrected chi connectivity index (χ3v) is 5.34. The normalized spacial score (nSPS) is 11.7. The molecule has 0 aliphatic rings. The van der Waals surface area contributed by atoms with Gasteiger partial charge in [-0.1, -0.05) is 20.8 Å². The second-order valence-corrected chi connectivity index (χ2v) is 8.90. The molecule has 4 aromatic rings. The number of hydrogen-bond donors (Lipinski definition) is 1. The van der Waals surface area contributed by atoms with Crippen LogP contribution < -0.4 is 19.9 Å². The zero-order valence-corrected chi connectivity index (χ0v) is 19.1. The first-order chi connectivity index (χ1) is 15.3. The molecule has 7 nitrogen and oxygen atoms in total.